The summed E-state index contributed by atoms with van der Waals surface area (Å²) in [6, 6.07) is 2.71. The summed E-state index contributed by atoms with van der Waals surface area (Å²) in [5.41, 5.74) is 0.323. The molecule has 0 spiro atoms. The molecule has 1 aromatic carbocycles. The third-order valence-electron chi connectivity index (χ3n) is 3.36. The lowest BCUT2D eigenvalue weighted by atomic mass is 10.0. The second-order valence-electron chi connectivity index (χ2n) is 4.72. The van der Waals surface area contributed by atoms with Gasteiger partial charge in [-0.2, -0.15) is 0 Å². The van der Waals surface area contributed by atoms with Crippen molar-refractivity contribution in [3.8, 4) is 0 Å². The van der Waals surface area contributed by atoms with E-state index in [9.17, 15) is 14.0 Å². The summed E-state index contributed by atoms with van der Waals surface area (Å²) in [6.45, 7) is 0.227. The Morgan fingerprint density at radius 2 is 2.19 bits per heavy atom. The van der Waals surface area contributed by atoms with Gasteiger partial charge in [0.2, 0.25) is 0 Å². The van der Waals surface area contributed by atoms with Crippen LogP contribution in [0, 0.1) is 11.7 Å². The van der Waals surface area contributed by atoms with E-state index in [2.05, 4.69) is 5.32 Å². The molecule has 8 heteroatoms. The highest BCUT2D eigenvalue weighted by atomic mass is 35.5. The van der Waals surface area contributed by atoms with Crippen LogP contribution in [0.25, 0.3) is 0 Å². The van der Waals surface area contributed by atoms with Crippen LogP contribution in [0.15, 0.2) is 18.2 Å². The van der Waals surface area contributed by atoms with E-state index in [4.69, 9.17) is 21.4 Å². The number of benzene rings is 1. The quantitative estimate of drug-likeness (QED) is 0.894. The maximum absolute atomic E-state index is 13.0. The zero-order valence-electron chi connectivity index (χ0n) is 11.2. The molecule has 1 heterocycles. The molecule has 114 valence electrons. The Morgan fingerprint density at radius 3 is 2.81 bits per heavy atom. The standard InChI is InChI=1S/C13H14ClFN2O4/c1-17(11-6-21-5-8(11)12(18)19)13(20)16-7-2-3-10(15)9(14)4-7/h2-4,8,11H,5-6H2,1H3,(H,16,20)(H,18,19). The van der Waals surface area contributed by atoms with Gasteiger partial charge in [-0.1, -0.05) is 11.6 Å². The van der Waals surface area contributed by atoms with Gasteiger partial charge in [-0.25, -0.2) is 9.18 Å². The van der Waals surface area contributed by atoms with Crippen LogP contribution in [0.5, 0.6) is 0 Å². The van der Waals surface area contributed by atoms with Crippen LogP contribution in [0.4, 0.5) is 14.9 Å². The number of carbonyl (C=O) groups is 2. The zero-order valence-corrected chi connectivity index (χ0v) is 11.9. The van der Waals surface area contributed by atoms with Gasteiger partial charge in [-0.3, -0.25) is 4.79 Å². The van der Waals surface area contributed by atoms with Crippen LogP contribution in [-0.4, -0.2) is 48.3 Å². The molecule has 0 aliphatic carbocycles. The third-order valence-corrected chi connectivity index (χ3v) is 3.65. The molecule has 2 amide bonds. The minimum Gasteiger partial charge on any atom is -0.481 e. The fourth-order valence-electron chi connectivity index (χ4n) is 2.10. The molecule has 1 aliphatic heterocycles. The summed E-state index contributed by atoms with van der Waals surface area (Å²) >= 11 is 5.63. The molecule has 2 rings (SSSR count). The Bertz CT molecular complexity index is 569. The predicted molar refractivity (Wildman–Crippen MR) is 73.9 cm³/mol. The Kier molecular flexibility index (Phi) is 4.64. The number of aliphatic carboxylic acids is 1. The number of carbonyl (C=O) groups excluding carboxylic acids is 1. The van der Waals surface area contributed by atoms with E-state index < -0.39 is 29.8 Å². The highest BCUT2D eigenvalue weighted by Crippen LogP contribution is 2.22. The summed E-state index contributed by atoms with van der Waals surface area (Å²) in [4.78, 5) is 24.4. The summed E-state index contributed by atoms with van der Waals surface area (Å²) in [6.07, 6.45) is 0. The zero-order chi connectivity index (χ0) is 15.6. The molecule has 1 aromatic rings. The smallest absolute Gasteiger partial charge is 0.321 e. The average Bonchev–Trinajstić information content (AvgIpc) is 2.91. The second kappa shape index (κ2) is 6.28. The maximum atomic E-state index is 13.0. The first kappa shape index (κ1) is 15.5. The number of urea groups is 1. The van der Waals surface area contributed by atoms with E-state index in [1.165, 1.54) is 24.1 Å². The van der Waals surface area contributed by atoms with Gasteiger partial charge in [0.05, 0.1) is 24.3 Å². The lowest BCUT2D eigenvalue weighted by Gasteiger charge is -2.26. The number of halogens is 2. The molecule has 2 atom stereocenters. The number of nitrogens with zero attached hydrogens (tertiary/aromatic N) is 1. The molecule has 1 fully saturated rings. The minimum absolute atomic E-state index is 0.0694. The summed E-state index contributed by atoms with van der Waals surface area (Å²) < 4.78 is 18.2. The van der Waals surface area contributed by atoms with Crippen molar-refractivity contribution in [3.63, 3.8) is 0 Å². The fraction of sp³-hybridized carbons (Fsp3) is 0.385. The Labute approximate surface area is 125 Å². The van der Waals surface area contributed by atoms with Gasteiger partial charge in [-0.05, 0) is 18.2 Å². The number of carboxylic acid groups (broad SMARTS) is 1. The van der Waals surface area contributed by atoms with Crippen LogP contribution >= 0.6 is 11.6 Å². The number of hydrogen-bond donors (Lipinski definition) is 2. The van der Waals surface area contributed by atoms with Gasteiger partial charge < -0.3 is 20.1 Å². The Morgan fingerprint density at radius 1 is 1.48 bits per heavy atom. The summed E-state index contributed by atoms with van der Waals surface area (Å²) in [5, 5.41) is 11.5. The lowest BCUT2D eigenvalue weighted by molar-refractivity contribution is -0.142. The molecule has 6 nitrogen and oxygen atoms in total. The first-order valence-corrected chi connectivity index (χ1v) is 6.57. The maximum Gasteiger partial charge on any atom is 0.321 e. The van der Waals surface area contributed by atoms with Gasteiger partial charge in [0.1, 0.15) is 11.7 Å². The fourth-order valence-corrected chi connectivity index (χ4v) is 2.28. The van der Waals surface area contributed by atoms with Gasteiger partial charge in [0.25, 0.3) is 0 Å². The lowest BCUT2D eigenvalue weighted by Crippen LogP contribution is -2.45. The van der Waals surface area contributed by atoms with E-state index in [1.807, 2.05) is 0 Å². The van der Waals surface area contributed by atoms with Crippen molar-refractivity contribution in [1.29, 1.82) is 0 Å². The van der Waals surface area contributed by atoms with Gasteiger partial charge in [0, 0.05) is 12.7 Å². The molecule has 1 aliphatic rings. The molecule has 21 heavy (non-hydrogen) atoms. The van der Waals surface area contributed by atoms with Crippen LogP contribution < -0.4 is 5.32 Å². The van der Waals surface area contributed by atoms with Crippen LogP contribution in [-0.2, 0) is 9.53 Å². The average molecular weight is 317 g/mol. The monoisotopic (exact) mass is 316 g/mol. The molecular formula is C13H14ClFN2O4. The topological polar surface area (TPSA) is 78.9 Å². The van der Waals surface area contributed by atoms with Crippen molar-refractivity contribution < 1.29 is 23.8 Å². The molecule has 1 saturated heterocycles. The third kappa shape index (κ3) is 3.43. The van der Waals surface area contributed by atoms with Gasteiger partial charge >= 0.3 is 12.0 Å². The number of anilines is 1. The SMILES string of the molecule is CN(C(=O)Nc1ccc(F)c(Cl)c1)C1COCC1C(=O)O. The van der Waals surface area contributed by atoms with E-state index in [0.29, 0.717) is 5.69 Å². The van der Waals surface area contributed by atoms with Crippen molar-refractivity contribution in [2.24, 2.45) is 5.92 Å². The molecule has 0 bridgehead atoms. The first-order chi connectivity index (χ1) is 9.90. The number of hydrogen-bond acceptors (Lipinski definition) is 3. The number of likely N-dealkylation sites (N-methyl/N-ethyl adjacent to an activating group) is 1. The van der Waals surface area contributed by atoms with Crippen molar-refractivity contribution in [1.82, 2.24) is 4.90 Å². The Balaban J connectivity index is 2.05. The number of rotatable bonds is 3. The molecular weight excluding hydrogens is 303 g/mol. The number of nitrogens with one attached hydrogen (secondary N) is 1. The Hall–Kier alpha value is -1.86. The van der Waals surface area contributed by atoms with E-state index in [1.54, 1.807) is 0 Å². The second-order valence-corrected chi connectivity index (χ2v) is 5.13. The summed E-state index contributed by atoms with van der Waals surface area (Å²) in [7, 11) is 1.48. The molecule has 0 aromatic heterocycles. The predicted octanol–water partition coefficient (Wildman–Crippen LogP) is 2.04. The molecule has 0 radical (unpaired) electrons. The summed E-state index contributed by atoms with van der Waals surface area (Å²) in [5.74, 6) is -2.36. The molecule has 0 saturated carbocycles. The highest BCUT2D eigenvalue weighted by molar-refractivity contribution is 6.31. The normalized spacial score (nSPS) is 21.1. The van der Waals surface area contributed by atoms with Crippen LogP contribution in [0.1, 0.15) is 0 Å². The number of amides is 2. The number of carboxylic acids is 1. The van der Waals surface area contributed by atoms with Crippen LogP contribution in [0.3, 0.4) is 0 Å². The van der Waals surface area contributed by atoms with Crippen molar-refractivity contribution in [2.75, 3.05) is 25.6 Å². The van der Waals surface area contributed by atoms with Crippen molar-refractivity contribution in [3.05, 3.63) is 29.0 Å². The highest BCUT2D eigenvalue weighted by Gasteiger charge is 2.38. The largest absolute Gasteiger partial charge is 0.481 e. The van der Waals surface area contributed by atoms with E-state index >= 15 is 0 Å². The van der Waals surface area contributed by atoms with E-state index in [0.717, 1.165) is 6.07 Å². The van der Waals surface area contributed by atoms with Gasteiger partial charge in [-0.15, -0.1) is 0 Å². The minimum atomic E-state index is -1.01. The molecule has 2 unspecified atom stereocenters. The number of ether oxygens (including phenoxy) is 1. The van der Waals surface area contributed by atoms with Gasteiger partial charge in [0.15, 0.2) is 0 Å². The first-order valence-electron chi connectivity index (χ1n) is 6.19. The molecule has 2 N–H and O–H groups in total. The van der Waals surface area contributed by atoms with Crippen molar-refractivity contribution in [2.45, 2.75) is 6.04 Å². The van der Waals surface area contributed by atoms with E-state index in [-0.39, 0.29) is 18.2 Å². The van der Waals surface area contributed by atoms with Crippen molar-refractivity contribution >= 4 is 29.3 Å². The van der Waals surface area contributed by atoms with Crippen LogP contribution in [0.2, 0.25) is 5.02 Å².